The van der Waals surface area contributed by atoms with E-state index in [1.807, 2.05) is 41.9 Å². The quantitative estimate of drug-likeness (QED) is 0.371. The minimum atomic E-state index is -0.503. The van der Waals surface area contributed by atoms with Crippen LogP contribution in [-0.4, -0.2) is 21.6 Å². The van der Waals surface area contributed by atoms with Crippen molar-refractivity contribution in [2.75, 3.05) is 0 Å². The van der Waals surface area contributed by atoms with Crippen LogP contribution < -0.4 is 10.8 Å². The van der Waals surface area contributed by atoms with Gasteiger partial charge in [-0.1, -0.05) is 54.4 Å². The summed E-state index contributed by atoms with van der Waals surface area (Å²) in [6.07, 6.45) is 1.62. The molecule has 1 amide bonds. The van der Waals surface area contributed by atoms with Gasteiger partial charge >= 0.3 is 0 Å². The lowest BCUT2D eigenvalue weighted by molar-refractivity contribution is 0.0916. The Morgan fingerprint density at radius 2 is 1.89 bits per heavy atom. The van der Waals surface area contributed by atoms with Crippen LogP contribution in [0.15, 0.2) is 59.0 Å². The van der Waals surface area contributed by atoms with Crippen LogP contribution in [0.1, 0.15) is 34.5 Å². The van der Waals surface area contributed by atoms with E-state index in [1.165, 1.54) is 0 Å². The van der Waals surface area contributed by atoms with E-state index >= 15 is 0 Å². The predicted molar refractivity (Wildman–Crippen MR) is 106 cm³/mol. The van der Waals surface area contributed by atoms with Crippen molar-refractivity contribution in [2.24, 2.45) is 0 Å². The molecule has 3 aromatic rings. The van der Waals surface area contributed by atoms with Gasteiger partial charge < -0.3 is 9.73 Å². The number of carbonyl (C=O) groups excluding carboxylic acids is 1. The molecule has 1 fully saturated rings. The molecule has 0 atom stereocenters. The second-order valence-electron chi connectivity index (χ2n) is 6.45. The summed E-state index contributed by atoms with van der Waals surface area (Å²) in [5.41, 5.74) is 3.65. The molecule has 0 saturated heterocycles. The number of carbonyl (C=O) groups is 1. The molecule has 1 aromatic heterocycles. The van der Waals surface area contributed by atoms with E-state index < -0.39 is 5.54 Å². The lowest BCUT2D eigenvalue weighted by Gasteiger charge is -2.09. The number of thiocarbonyl (C=S) groups is 1. The first-order chi connectivity index (χ1) is 13.1. The molecule has 0 aliphatic heterocycles. The van der Waals surface area contributed by atoms with E-state index in [-0.39, 0.29) is 10.9 Å². The van der Waals surface area contributed by atoms with E-state index in [9.17, 15) is 4.79 Å². The number of amides is 1. The molecule has 0 spiro atoms. The molecule has 3 N–H and O–H groups in total. The van der Waals surface area contributed by atoms with Gasteiger partial charge in [-0.05, 0) is 37.1 Å². The zero-order valence-electron chi connectivity index (χ0n) is 14.3. The molecule has 6 heteroatoms. The zero-order chi connectivity index (χ0) is 18.9. The van der Waals surface area contributed by atoms with Crippen LogP contribution in [0.2, 0.25) is 0 Å². The van der Waals surface area contributed by atoms with Gasteiger partial charge in [0, 0.05) is 16.5 Å². The monoisotopic (exact) mass is 376 g/mol. The molecule has 2 aromatic carbocycles. The Morgan fingerprint density at radius 3 is 2.56 bits per heavy atom. The summed E-state index contributed by atoms with van der Waals surface area (Å²) in [6.45, 7) is 0. The first-order valence-corrected chi connectivity index (χ1v) is 8.88. The molecule has 134 valence electrons. The number of benzene rings is 2. The topological polar surface area (TPSA) is 74.5 Å². The van der Waals surface area contributed by atoms with Crippen molar-refractivity contribution in [3.8, 4) is 11.8 Å². The van der Waals surface area contributed by atoms with E-state index in [2.05, 4.69) is 17.2 Å². The molecule has 1 heterocycles. The van der Waals surface area contributed by atoms with Crippen LogP contribution in [0.25, 0.3) is 11.0 Å². The summed E-state index contributed by atoms with van der Waals surface area (Å²) < 4.78 is 5.61. The number of nitrogens with one attached hydrogen (secondary N) is 2. The Kier molecular flexibility index (Phi) is 4.40. The Balaban J connectivity index is 1.47. The lowest BCUT2D eigenvalue weighted by atomic mass is 10.1. The third-order valence-electron chi connectivity index (χ3n) is 4.45. The van der Waals surface area contributed by atoms with Crippen molar-refractivity contribution in [3.05, 3.63) is 71.5 Å². The van der Waals surface area contributed by atoms with E-state index in [0.717, 1.165) is 23.8 Å². The molecular formula is C21H16N2O3S. The standard InChI is InChI=1S/C21H16N2O3S/c24-19(18-13-16-3-1-2-4-17(16)26-18)22-21(11-12-21)10-9-14-5-7-15(8-6-14)20(27)23-25/h1-8,13,25H,11-12H2,(H,22,24)(H,23,27). The molecule has 27 heavy (non-hydrogen) atoms. The molecule has 1 aliphatic rings. The number of hydrogen-bond acceptors (Lipinski definition) is 4. The Morgan fingerprint density at radius 1 is 1.15 bits per heavy atom. The van der Waals surface area contributed by atoms with Gasteiger partial charge in [-0.3, -0.25) is 15.5 Å². The fraction of sp³-hybridized carbons (Fsp3) is 0.143. The summed E-state index contributed by atoms with van der Waals surface area (Å²) in [7, 11) is 0. The minimum Gasteiger partial charge on any atom is -0.451 e. The molecule has 4 rings (SSSR count). The summed E-state index contributed by atoms with van der Waals surface area (Å²) in [5, 5.41) is 12.7. The maximum atomic E-state index is 12.5. The van der Waals surface area contributed by atoms with E-state index in [0.29, 0.717) is 16.9 Å². The molecule has 1 saturated carbocycles. The molecule has 5 nitrogen and oxygen atoms in total. The summed E-state index contributed by atoms with van der Waals surface area (Å²) in [5.74, 6) is 6.29. The third-order valence-corrected chi connectivity index (χ3v) is 4.77. The van der Waals surface area contributed by atoms with Crippen LogP contribution in [0.5, 0.6) is 0 Å². The molecular weight excluding hydrogens is 360 g/mol. The van der Waals surface area contributed by atoms with E-state index in [4.69, 9.17) is 21.8 Å². The highest BCUT2D eigenvalue weighted by molar-refractivity contribution is 7.80. The van der Waals surface area contributed by atoms with Crippen LogP contribution in [-0.2, 0) is 0 Å². The number of para-hydroxylation sites is 1. The van der Waals surface area contributed by atoms with Gasteiger partial charge in [-0.25, -0.2) is 0 Å². The number of furan rings is 1. The summed E-state index contributed by atoms with van der Waals surface area (Å²) in [4.78, 5) is 12.8. The first-order valence-electron chi connectivity index (χ1n) is 8.47. The average Bonchev–Trinajstić information content (AvgIpc) is 3.32. The van der Waals surface area contributed by atoms with Gasteiger partial charge in [0.05, 0.1) is 0 Å². The van der Waals surface area contributed by atoms with Crippen LogP contribution in [0.3, 0.4) is 0 Å². The Bertz CT molecular complexity index is 1050. The second-order valence-corrected chi connectivity index (χ2v) is 6.86. The smallest absolute Gasteiger partial charge is 0.288 e. The number of rotatable bonds is 3. The molecule has 0 radical (unpaired) electrons. The largest absolute Gasteiger partial charge is 0.451 e. The van der Waals surface area contributed by atoms with Gasteiger partial charge in [0.1, 0.15) is 16.1 Å². The fourth-order valence-corrected chi connectivity index (χ4v) is 2.88. The highest BCUT2D eigenvalue weighted by Crippen LogP contribution is 2.35. The van der Waals surface area contributed by atoms with Crippen molar-refractivity contribution in [1.29, 1.82) is 0 Å². The highest BCUT2D eigenvalue weighted by atomic mass is 32.1. The van der Waals surface area contributed by atoms with Crippen molar-refractivity contribution < 1.29 is 14.4 Å². The number of hydrogen-bond donors (Lipinski definition) is 3. The van der Waals surface area contributed by atoms with Crippen LogP contribution in [0.4, 0.5) is 0 Å². The molecule has 1 aliphatic carbocycles. The second kappa shape index (κ2) is 6.88. The zero-order valence-corrected chi connectivity index (χ0v) is 15.1. The summed E-state index contributed by atoms with van der Waals surface area (Å²) in [6, 6.07) is 16.5. The first kappa shape index (κ1) is 17.3. The fourth-order valence-electron chi connectivity index (χ4n) is 2.74. The summed E-state index contributed by atoms with van der Waals surface area (Å²) >= 11 is 4.96. The normalized spacial score (nSPS) is 14.1. The minimum absolute atomic E-state index is 0.256. The van der Waals surface area contributed by atoms with E-state index in [1.54, 1.807) is 18.2 Å². The van der Waals surface area contributed by atoms with Gasteiger partial charge in [0.2, 0.25) is 0 Å². The van der Waals surface area contributed by atoms with Gasteiger partial charge in [0.25, 0.3) is 5.91 Å². The van der Waals surface area contributed by atoms with Gasteiger partial charge in [-0.2, -0.15) is 0 Å². The average molecular weight is 376 g/mol. The van der Waals surface area contributed by atoms with Crippen LogP contribution in [0, 0.1) is 11.8 Å². The van der Waals surface area contributed by atoms with Crippen LogP contribution >= 0.6 is 12.2 Å². The third kappa shape index (κ3) is 3.70. The molecule has 0 bridgehead atoms. The number of fused-ring (bicyclic) bond motifs is 1. The van der Waals surface area contributed by atoms with Crippen molar-refractivity contribution in [3.63, 3.8) is 0 Å². The van der Waals surface area contributed by atoms with Crippen molar-refractivity contribution >= 4 is 34.1 Å². The SMILES string of the molecule is O=C(NC1(C#Cc2ccc(C(=S)NO)cc2)CC1)c1cc2ccccc2o1. The van der Waals surface area contributed by atoms with Gasteiger partial charge in [-0.15, -0.1) is 0 Å². The maximum absolute atomic E-state index is 12.5. The predicted octanol–water partition coefficient (Wildman–Crippen LogP) is 3.40. The van der Waals surface area contributed by atoms with Crippen molar-refractivity contribution in [1.82, 2.24) is 10.8 Å². The molecule has 0 unspecified atom stereocenters. The lowest BCUT2D eigenvalue weighted by Crippen LogP contribution is -2.35. The van der Waals surface area contributed by atoms with Gasteiger partial charge in [0.15, 0.2) is 5.76 Å². The Hall–Kier alpha value is -3.14. The number of hydroxylamine groups is 1. The maximum Gasteiger partial charge on any atom is 0.288 e. The highest BCUT2D eigenvalue weighted by Gasteiger charge is 2.43. The Labute approximate surface area is 161 Å². The van der Waals surface area contributed by atoms with Crippen molar-refractivity contribution in [2.45, 2.75) is 18.4 Å².